The van der Waals surface area contributed by atoms with Gasteiger partial charge in [0.15, 0.2) is 11.6 Å². The second kappa shape index (κ2) is 16.3. The molecule has 2 amide bonds. The van der Waals surface area contributed by atoms with Crippen LogP contribution in [0, 0.1) is 5.92 Å². The molecule has 11 heteroatoms. The fourth-order valence-electron chi connectivity index (χ4n) is 4.50. The molecule has 11 nitrogen and oxygen atoms in total. The summed E-state index contributed by atoms with van der Waals surface area (Å²) in [7, 11) is 3.03. The second-order valence-electron chi connectivity index (χ2n) is 10.0. The van der Waals surface area contributed by atoms with Crippen LogP contribution in [0.4, 0.5) is 0 Å². The van der Waals surface area contributed by atoms with Gasteiger partial charge in [-0.3, -0.25) is 28.8 Å². The van der Waals surface area contributed by atoms with E-state index in [1.807, 2.05) is 0 Å². The number of imidazole rings is 1. The lowest BCUT2D eigenvalue weighted by Gasteiger charge is -2.18. The number of ketones is 3. The Kier molecular flexibility index (Phi) is 13.1. The second-order valence-corrected chi connectivity index (χ2v) is 10.0. The van der Waals surface area contributed by atoms with Crippen LogP contribution in [-0.2, 0) is 39.2 Å². The zero-order valence-corrected chi connectivity index (χ0v) is 23.9. The fraction of sp³-hybridized carbons (Fsp3) is 0.552. The van der Waals surface area contributed by atoms with Crippen molar-refractivity contribution >= 4 is 29.2 Å². The lowest BCUT2D eigenvalue weighted by molar-refractivity contribution is -0.137. The van der Waals surface area contributed by atoms with Gasteiger partial charge in [0, 0.05) is 45.1 Å². The summed E-state index contributed by atoms with van der Waals surface area (Å²) in [5.74, 6) is -1.65. The van der Waals surface area contributed by atoms with E-state index in [0.29, 0.717) is 25.2 Å². The predicted molar refractivity (Wildman–Crippen MR) is 150 cm³/mol. The number of nitrogens with one attached hydrogen (secondary N) is 2. The maximum atomic E-state index is 13.3. The van der Waals surface area contributed by atoms with E-state index in [9.17, 15) is 28.8 Å². The summed E-state index contributed by atoms with van der Waals surface area (Å²) >= 11 is 0. The van der Waals surface area contributed by atoms with Crippen molar-refractivity contribution in [3.8, 4) is 0 Å². The molecule has 1 atom stereocenters. The molecule has 0 aliphatic heterocycles. The van der Waals surface area contributed by atoms with Crippen LogP contribution >= 0.6 is 0 Å². The smallest absolute Gasteiger partial charge is 0.287 e. The van der Waals surface area contributed by atoms with Gasteiger partial charge >= 0.3 is 0 Å². The molecule has 0 aliphatic carbocycles. The normalized spacial score (nSPS) is 11.7. The van der Waals surface area contributed by atoms with E-state index < -0.39 is 29.2 Å². The van der Waals surface area contributed by atoms with Crippen molar-refractivity contribution in [2.45, 2.75) is 84.2 Å². The number of carbonyl (C=O) groups excluding carboxylic acids is 5. The maximum absolute atomic E-state index is 13.3. The first-order chi connectivity index (χ1) is 19.1. The van der Waals surface area contributed by atoms with Crippen LogP contribution in [0.25, 0.3) is 0 Å². The van der Waals surface area contributed by atoms with Crippen LogP contribution in [0.5, 0.6) is 0 Å². The molecule has 2 aromatic rings. The van der Waals surface area contributed by atoms with Crippen LogP contribution in [0.1, 0.15) is 81.3 Å². The molecular weight excluding hydrogens is 514 g/mol. The summed E-state index contributed by atoms with van der Waals surface area (Å²) in [4.78, 5) is 78.9. The van der Waals surface area contributed by atoms with Crippen molar-refractivity contribution in [3.05, 3.63) is 52.5 Å². The molecule has 2 heterocycles. The number of hydrogen-bond acceptors (Lipinski definition) is 7. The molecule has 0 bridgehead atoms. The zero-order valence-electron chi connectivity index (χ0n) is 23.9. The van der Waals surface area contributed by atoms with Gasteiger partial charge in [-0.05, 0) is 31.2 Å². The van der Waals surface area contributed by atoms with Crippen LogP contribution in [0.2, 0.25) is 0 Å². The van der Waals surface area contributed by atoms with Crippen LogP contribution < -0.4 is 16.2 Å². The van der Waals surface area contributed by atoms with Gasteiger partial charge in [0.1, 0.15) is 5.69 Å². The van der Waals surface area contributed by atoms with Crippen molar-refractivity contribution in [2.24, 2.45) is 13.0 Å². The van der Waals surface area contributed by atoms with Crippen LogP contribution in [0.3, 0.4) is 0 Å². The van der Waals surface area contributed by atoms with Gasteiger partial charge in [-0.25, -0.2) is 4.98 Å². The number of aromatic nitrogens is 3. The summed E-state index contributed by atoms with van der Waals surface area (Å²) in [6.45, 7) is 4.14. The fourth-order valence-corrected chi connectivity index (χ4v) is 4.50. The molecule has 2 aromatic heterocycles. The molecule has 0 fully saturated rings. The number of Topliss-reactive ketones (excluding diaryl/α,β-unsaturated/α-hetero) is 3. The van der Waals surface area contributed by atoms with E-state index in [-0.39, 0.29) is 48.6 Å². The average molecular weight is 556 g/mol. The number of likely N-dealkylation sites (N-methyl/N-ethyl adjacent to an activating group) is 1. The third-order valence-electron chi connectivity index (χ3n) is 7.17. The third-order valence-corrected chi connectivity index (χ3v) is 7.17. The molecular formula is C29H41N5O6. The Morgan fingerprint density at radius 2 is 1.75 bits per heavy atom. The highest BCUT2D eigenvalue weighted by Gasteiger charge is 2.24. The van der Waals surface area contributed by atoms with Crippen molar-refractivity contribution < 1.29 is 24.0 Å². The summed E-state index contributed by atoms with van der Waals surface area (Å²) in [6, 6.07) is 2.26. The van der Waals surface area contributed by atoms with Gasteiger partial charge in [0.25, 0.3) is 17.4 Å². The number of rotatable bonds is 18. The quantitative estimate of drug-likeness (QED) is 0.211. The van der Waals surface area contributed by atoms with E-state index in [0.717, 1.165) is 19.3 Å². The molecule has 0 saturated heterocycles. The zero-order chi connectivity index (χ0) is 29.7. The van der Waals surface area contributed by atoms with Crippen LogP contribution in [-0.4, -0.2) is 56.4 Å². The van der Waals surface area contributed by atoms with Gasteiger partial charge in [-0.2, -0.15) is 0 Å². The Hall–Kier alpha value is -3.89. The Bertz CT molecular complexity index is 1240. The number of nitrogens with zero attached hydrogens (tertiary/aromatic N) is 3. The third kappa shape index (κ3) is 9.69. The molecule has 0 spiro atoms. The summed E-state index contributed by atoms with van der Waals surface area (Å²) in [6.07, 6.45) is 8.34. The Morgan fingerprint density at radius 1 is 1.02 bits per heavy atom. The molecule has 218 valence electrons. The van der Waals surface area contributed by atoms with Crippen molar-refractivity contribution in [1.82, 2.24) is 24.8 Å². The van der Waals surface area contributed by atoms with E-state index in [1.165, 1.54) is 34.9 Å². The average Bonchev–Trinajstić information content (AvgIpc) is 3.38. The van der Waals surface area contributed by atoms with Gasteiger partial charge in [0.2, 0.25) is 5.78 Å². The molecule has 2 N–H and O–H groups in total. The lowest BCUT2D eigenvalue weighted by atomic mass is 9.96. The van der Waals surface area contributed by atoms with Gasteiger partial charge in [0.05, 0.1) is 25.1 Å². The van der Waals surface area contributed by atoms with Gasteiger partial charge in [-0.1, -0.05) is 39.2 Å². The Labute approximate surface area is 234 Å². The van der Waals surface area contributed by atoms with E-state index >= 15 is 0 Å². The van der Waals surface area contributed by atoms with Crippen molar-refractivity contribution in [2.75, 3.05) is 7.05 Å². The van der Waals surface area contributed by atoms with E-state index in [4.69, 9.17) is 0 Å². The molecule has 0 radical (unpaired) electrons. The largest absolute Gasteiger partial charge is 0.353 e. The number of amides is 2. The van der Waals surface area contributed by atoms with Crippen molar-refractivity contribution in [3.63, 3.8) is 0 Å². The Balaban J connectivity index is 2.11. The Morgan fingerprint density at radius 3 is 2.38 bits per heavy atom. The minimum atomic E-state index is -0.924. The standard InChI is InChI=1S/C29H41N5O6/c1-5-20(6-2)13-14-22(35)18-34-15-9-10-21(29(34)40)16-26(37)23(11-7-8-12-25(36)28(39)30-3)32-27(38)24-17-31-19-33(24)4/h9-10,15,17,19-20,23H,5-8,11-14,16,18H2,1-4H3,(H,30,39)(H,32,38)/t23-/m0/s1. The number of hydrogen-bond donors (Lipinski definition) is 2. The topological polar surface area (TPSA) is 149 Å². The number of unbranched alkanes of at least 4 members (excludes halogenated alkanes) is 1. The highest BCUT2D eigenvalue weighted by Crippen LogP contribution is 2.15. The summed E-state index contributed by atoms with van der Waals surface area (Å²) < 4.78 is 2.85. The van der Waals surface area contributed by atoms with Crippen LogP contribution in [0.15, 0.2) is 35.6 Å². The number of pyridine rings is 1. The van der Waals surface area contributed by atoms with Gasteiger partial charge in [-0.15, -0.1) is 0 Å². The molecule has 0 aliphatic rings. The van der Waals surface area contributed by atoms with E-state index in [2.05, 4.69) is 29.5 Å². The summed E-state index contributed by atoms with van der Waals surface area (Å²) in [5.41, 5.74) is 0.0797. The van der Waals surface area contributed by atoms with Crippen molar-refractivity contribution in [1.29, 1.82) is 0 Å². The summed E-state index contributed by atoms with van der Waals surface area (Å²) in [5, 5.41) is 5.02. The highest BCUT2D eigenvalue weighted by atomic mass is 16.2. The molecule has 2 rings (SSSR count). The maximum Gasteiger partial charge on any atom is 0.287 e. The minimum Gasteiger partial charge on any atom is -0.353 e. The number of aryl methyl sites for hydroxylation is 1. The monoisotopic (exact) mass is 555 g/mol. The number of carbonyl (C=O) groups is 5. The molecule has 0 unspecified atom stereocenters. The molecule has 40 heavy (non-hydrogen) atoms. The first-order valence-electron chi connectivity index (χ1n) is 13.9. The SMILES string of the molecule is CCC(CC)CCC(=O)Cn1cccc(CC(=O)[C@H](CCCCC(=O)C(=O)NC)NC(=O)c2cncn2C)c1=O. The molecule has 0 aromatic carbocycles. The highest BCUT2D eigenvalue weighted by molar-refractivity contribution is 6.36. The van der Waals surface area contributed by atoms with E-state index in [1.54, 1.807) is 19.2 Å². The first kappa shape index (κ1) is 32.3. The minimum absolute atomic E-state index is 0.0188. The first-order valence-corrected chi connectivity index (χ1v) is 13.9. The molecule has 0 saturated carbocycles. The predicted octanol–water partition coefficient (Wildman–Crippen LogP) is 2.15. The lowest BCUT2D eigenvalue weighted by Crippen LogP contribution is -2.43. The van der Waals surface area contributed by atoms with Gasteiger partial charge < -0.3 is 19.8 Å².